The van der Waals surface area contributed by atoms with E-state index in [0.29, 0.717) is 22.5 Å². The maximum Gasteiger partial charge on any atom is 0.285 e. The van der Waals surface area contributed by atoms with Crippen LogP contribution >= 0.6 is 0 Å². The van der Waals surface area contributed by atoms with E-state index < -0.39 is 10.0 Å². The van der Waals surface area contributed by atoms with Gasteiger partial charge in [0.05, 0.1) is 7.11 Å². The van der Waals surface area contributed by atoms with E-state index in [1.165, 1.54) is 19.2 Å². The Bertz CT molecular complexity index is 1100. The summed E-state index contributed by atoms with van der Waals surface area (Å²) in [5, 5.41) is 6.12. The van der Waals surface area contributed by atoms with Crippen LogP contribution in [0, 0.1) is 19.8 Å². The molecule has 8 heteroatoms. The Morgan fingerprint density at radius 3 is 2.45 bits per heavy atom. The Labute approximate surface area is 184 Å². The second-order valence-electron chi connectivity index (χ2n) is 7.82. The number of amides is 1. The van der Waals surface area contributed by atoms with Crippen molar-refractivity contribution >= 4 is 27.3 Å². The number of anilines is 1. The molecule has 0 spiro atoms. The smallest absolute Gasteiger partial charge is 0.285 e. The second kappa shape index (κ2) is 9.62. The van der Waals surface area contributed by atoms with Gasteiger partial charge in [0.2, 0.25) is 0 Å². The molecule has 0 saturated carbocycles. The topological polar surface area (TPSA) is 96.9 Å². The summed E-state index contributed by atoms with van der Waals surface area (Å²) in [4.78, 5) is 12.7. The second-order valence-corrected chi connectivity index (χ2v) is 9.39. The van der Waals surface area contributed by atoms with E-state index in [1.54, 1.807) is 26.0 Å². The normalized spacial score (nSPS) is 15.5. The molecule has 0 aliphatic carbocycles. The fourth-order valence-electron chi connectivity index (χ4n) is 3.73. The molecule has 7 nitrogen and oxygen atoms in total. The standard InChI is InChI=1S/C23H29N3O4S/c1-15-7-5-6-8-19(15)23(27)25-20-14-21(30-4)22(13-16(20)2)31(28,29)26-17(3)18-9-11-24-12-10-18/h5-8,13-14,18,24H,9-12H2,1-4H3,(H,25,27)/b26-17-. The largest absolute Gasteiger partial charge is 0.495 e. The average Bonchev–Trinajstić information content (AvgIpc) is 2.75. The Balaban J connectivity index is 1.91. The van der Waals surface area contributed by atoms with Gasteiger partial charge in [-0.3, -0.25) is 4.79 Å². The highest BCUT2D eigenvalue weighted by atomic mass is 32.2. The van der Waals surface area contributed by atoms with Gasteiger partial charge in [-0.05, 0) is 70.0 Å². The third-order valence-electron chi connectivity index (χ3n) is 5.62. The summed E-state index contributed by atoms with van der Waals surface area (Å²) in [7, 11) is -2.55. The van der Waals surface area contributed by atoms with Crippen molar-refractivity contribution < 1.29 is 17.9 Å². The highest BCUT2D eigenvalue weighted by molar-refractivity contribution is 7.90. The highest BCUT2D eigenvalue weighted by Crippen LogP contribution is 2.32. The number of carbonyl (C=O) groups is 1. The van der Waals surface area contributed by atoms with E-state index in [0.717, 1.165) is 31.5 Å². The van der Waals surface area contributed by atoms with Gasteiger partial charge in [-0.1, -0.05) is 18.2 Å². The number of hydrogen-bond donors (Lipinski definition) is 2. The molecule has 3 rings (SSSR count). The van der Waals surface area contributed by atoms with Crippen LogP contribution in [-0.4, -0.2) is 40.2 Å². The van der Waals surface area contributed by atoms with E-state index in [9.17, 15) is 13.2 Å². The van der Waals surface area contributed by atoms with Crippen molar-refractivity contribution in [2.24, 2.45) is 10.3 Å². The summed E-state index contributed by atoms with van der Waals surface area (Å²) < 4.78 is 35.5. The van der Waals surface area contributed by atoms with Gasteiger partial charge >= 0.3 is 0 Å². The van der Waals surface area contributed by atoms with E-state index in [1.807, 2.05) is 19.1 Å². The third kappa shape index (κ3) is 5.32. The molecule has 2 N–H and O–H groups in total. The number of aryl methyl sites for hydroxylation is 2. The molecule has 0 aromatic heterocycles. The van der Waals surface area contributed by atoms with Crippen LogP contribution in [0.5, 0.6) is 5.75 Å². The number of methoxy groups -OCH3 is 1. The highest BCUT2D eigenvalue weighted by Gasteiger charge is 2.24. The van der Waals surface area contributed by atoms with Gasteiger partial charge in [-0.2, -0.15) is 12.8 Å². The minimum atomic E-state index is -3.95. The lowest BCUT2D eigenvalue weighted by Gasteiger charge is -2.22. The number of rotatable bonds is 6. The zero-order valence-electron chi connectivity index (χ0n) is 18.4. The van der Waals surface area contributed by atoms with E-state index in [4.69, 9.17) is 4.74 Å². The first-order valence-electron chi connectivity index (χ1n) is 10.3. The molecular formula is C23H29N3O4S. The van der Waals surface area contributed by atoms with Crippen molar-refractivity contribution in [2.75, 3.05) is 25.5 Å². The van der Waals surface area contributed by atoms with Crippen molar-refractivity contribution in [3.05, 3.63) is 53.1 Å². The summed E-state index contributed by atoms with van der Waals surface area (Å²) in [6.07, 6.45) is 1.73. The van der Waals surface area contributed by atoms with Gasteiger partial charge in [0, 0.05) is 28.9 Å². The fraction of sp³-hybridized carbons (Fsp3) is 0.391. The van der Waals surface area contributed by atoms with Crippen LogP contribution in [0.15, 0.2) is 45.7 Å². The molecule has 0 unspecified atom stereocenters. The van der Waals surface area contributed by atoms with Crippen molar-refractivity contribution in [2.45, 2.75) is 38.5 Å². The lowest BCUT2D eigenvalue weighted by Crippen LogP contribution is -2.31. The maximum atomic E-state index is 13.0. The summed E-state index contributed by atoms with van der Waals surface area (Å²) in [6, 6.07) is 10.3. The van der Waals surface area contributed by atoms with Gasteiger partial charge < -0.3 is 15.4 Å². The number of carbonyl (C=O) groups excluding carboxylic acids is 1. The summed E-state index contributed by atoms with van der Waals surface area (Å²) in [6.45, 7) is 7.09. The van der Waals surface area contributed by atoms with E-state index in [-0.39, 0.29) is 22.5 Å². The molecule has 1 saturated heterocycles. The quantitative estimate of drug-likeness (QED) is 0.664. The number of nitrogens with one attached hydrogen (secondary N) is 2. The third-order valence-corrected chi connectivity index (χ3v) is 7.02. The lowest BCUT2D eigenvalue weighted by atomic mass is 9.94. The van der Waals surface area contributed by atoms with Crippen LogP contribution in [0.3, 0.4) is 0 Å². The molecular weight excluding hydrogens is 414 g/mol. The predicted octanol–water partition coefficient (Wildman–Crippen LogP) is 3.71. The first-order valence-corrected chi connectivity index (χ1v) is 11.7. The van der Waals surface area contributed by atoms with Crippen LogP contribution in [0.25, 0.3) is 0 Å². The molecule has 0 radical (unpaired) electrons. The van der Waals surface area contributed by atoms with Gasteiger partial charge in [0.15, 0.2) is 0 Å². The van der Waals surface area contributed by atoms with Crippen LogP contribution in [0.2, 0.25) is 0 Å². The zero-order valence-corrected chi connectivity index (χ0v) is 19.2. The molecule has 2 aromatic carbocycles. The van der Waals surface area contributed by atoms with Gasteiger partial charge in [-0.15, -0.1) is 0 Å². The minimum Gasteiger partial charge on any atom is -0.495 e. The zero-order chi connectivity index (χ0) is 22.6. The van der Waals surface area contributed by atoms with Gasteiger partial charge in [0.25, 0.3) is 15.9 Å². The van der Waals surface area contributed by atoms with Crippen molar-refractivity contribution in [3.8, 4) is 5.75 Å². The van der Waals surface area contributed by atoms with Crippen LogP contribution in [0.4, 0.5) is 5.69 Å². The molecule has 2 aromatic rings. The number of nitrogens with zero attached hydrogens (tertiary/aromatic N) is 1. The molecule has 0 bridgehead atoms. The molecule has 1 amide bonds. The summed E-state index contributed by atoms with van der Waals surface area (Å²) in [5.41, 5.74) is 3.11. The Kier molecular flexibility index (Phi) is 7.12. The average molecular weight is 444 g/mol. The van der Waals surface area contributed by atoms with Crippen molar-refractivity contribution in [3.63, 3.8) is 0 Å². The fourth-order valence-corrected chi connectivity index (χ4v) is 5.08. The van der Waals surface area contributed by atoms with Crippen LogP contribution in [-0.2, 0) is 10.0 Å². The number of ether oxygens (including phenoxy) is 1. The molecule has 0 atom stereocenters. The molecule has 166 valence electrons. The van der Waals surface area contributed by atoms with Crippen molar-refractivity contribution in [1.29, 1.82) is 0 Å². The van der Waals surface area contributed by atoms with Gasteiger partial charge in [-0.25, -0.2) is 0 Å². The predicted molar refractivity (Wildman–Crippen MR) is 123 cm³/mol. The lowest BCUT2D eigenvalue weighted by molar-refractivity contribution is 0.102. The van der Waals surface area contributed by atoms with Crippen LogP contribution in [0.1, 0.15) is 41.3 Å². The summed E-state index contributed by atoms with van der Waals surface area (Å²) >= 11 is 0. The summed E-state index contributed by atoms with van der Waals surface area (Å²) in [5.74, 6) is 0.0296. The van der Waals surface area contributed by atoms with Crippen LogP contribution < -0.4 is 15.4 Å². The van der Waals surface area contributed by atoms with Crippen molar-refractivity contribution in [1.82, 2.24) is 5.32 Å². The monoisotopic (exact) mass is 443 g/mol. The molecule has 1 heterocycles. The van der Waals surface area contributed by atoms with Gasteiger partial charge in [0.1, 0.15) is 10.6 Å². The Hall–Kier alpha value is -2.71. The number of hydrogen-bond acceptors (Lipinski definition) is 5. The molecule has 31 heavy (non-hydrogen) atoms. The van der Waals surface area contributed by atoms with E-state index >= 15 is 0 Å². The molecule has 1 fully saturated rings. The minimum absolute atomic E-state index is 0.00493. The number of benzene rings is 2. The molecule has 1 aliphatic rings. The molecule has 1 aliphatic heterocycles. The number of sulfonamides is 1. The first kappa shape index (κ1) is 23.0. The Morgan fingerprint density at radius 2 is 1.81 bits per heavy atom. The van der Waals surface area contributed by atoms with E-state index in [2.05, 4.69) is 15.0 Å². The first-order chi connectivity index (χ1) is 14.7. The number of piperidine rings is 1. The maximum absolute atomic E-state index is 13.0. The Morgan fingerprint density at radius 1 is 1.13 bits per heavy atom. The SMILES string of the molecule is COc1cc(NC(=O)c2ccccc2C)c(C)cc1S(=O)(=O)/N=C(/C)C1CCNCC1.